The van der Waals surface area contributed by atoms with E-state index >= 15 is 0 Å². The summed E-state index contributed by atoms with van der Waals surface area (Å²) < 4.78 is 0. The van der Waals surface area contributed by atoms with Crippen LogP contribution in [0.4, 0.5) is 5.69 Å². The second-order valence-corrected chi connectivity index (χ2v) is 3.53. The summed E-state index contributed by atoms with van der Waals surface area (Å²) in [7, 11) is 0. The molecule has 11 heavy (non-hydrogen) atoms. The summed E-state index contributed by atoms with van der Waals surface area (Å²) in [4.78, 5) is 4.41. The smallest absolute Gasteiger partial charge is 0.0713 e. The Hall–Kier alpha value is -1.05. The Balaban J connectivity index is 2.21. The SMILES string of the molecule is c1cnc2c(c1)NCC21CC1. The first-order valence-corrected chi connectivity index (χ1v) is 4.10. The highest BCUT2D eigenvalue weighted by molar-refractivity contribution is 5.59. The van der Waals surface area contributed by atoms with Crippen molar-refractivity contribution in [3.8, 4) is 0 Å². The number of pyridine rings is 1. The largest absolute Gasteiger partial charge is 0.383 e. The zero-order valence-corrected chi connectivity index (χ0v) is 6.30. The molecule has 2 nitrogen and oxygen atoms in total. The van der Waals surface area contributed by atoms with E-state index in [9.17, 15) is 0 Å². The molecule has 0 unspecified atom stereocenters. The van der Waals surface area contributed by atoms with Gasteiger partial charge in [-0.15, -0.1) is 0 Å². The van der Waals surface area contributed by atoms with Crippen LogP contribution >= 0.6 is 0 Å². The van der Waals surface area contributed by atoms with Crippen molar-refractivity contribution >= 4 is 5.69 Å². The molecule has 56 valence electrons. The van der Waals surface area contributed by atoms with E-state index in [2.05, 4.69) is 16.4 Å². The molecule has 0 aromatic carbocycles. The summed E-state index contributed by atoms with van der Waals surface area (Å²) >= 11 is 0. The van der Waals surface area contributed by atoms with Crippen molar-refractivity contribution in [1.29, 1.82) is 0 Å². The minimum Gasteiger partial charge on any atom is -0.383 e. The molecular formula is C9H10N2. The van der Waals surface area contributed by atoms with Crippen molar-refractivity contribution in [3.05, 3.63) is 24.0 Å². The van der Waals surface area contributed by atoms with E-state index in [0.29, 0.717) is 5.41 Å². The van der Waals surface area contributed by atoms with Crippen molar-refractivity contribution in [1.82, 2.24) is 4.98 Å². The molecule has 1 fully saturated rings. The van der Waals surface area contributed by atoms with Crippen LogP contribution in [-0.4, -0.2) is 11.5 Å². The highest BCUT2D eigenvalue weighted by Crippen LogP contribution is 2.52. The topological polar surface area (TPSA) is 24.9 Å². The average Bonchev–Trinajstić information content (AvgIpc) is 2.72. The number of fused-ring (bicyclic) bond motifs is 2. The van der Waals surface area contributed by atoms with Gasteiger partial charge in [0, 0.05) is 18.2 Å². The van der Waals surface area contributed by atoms with Crippen molar-refractivity contribution in [2.45, 2.75) is 18.3 Å². The molecule has 1 spiro atoms. The van der Waals surface area contributed by atoms with Gasteiger partial charge < -0.3 is 5.32 Å². The van der Waals surface area contributed by atoms with E-state index in [1.807, 2.05) is 12.3 Å². The summed E-state index contributed by atoms with van der Waals surface area (Å²) in [6.45, 7) is 1.11. The summed E-state index contributed by atoms with van der Waals surface area (Å²) in [6.07, 6.45) is 4.54. The molecule has 0 radical (unpaired) electrons. The van der Waals surface area contributed by atoms with E-state index in [0.717, 1.165) is 6.54 Å². The van der Waals surface area contributed by atoms with Gasteiger partial charge in [-0.05, 0) is 25.0 Å². The van der Waals surface area contributed by atoms with Gasteiger partial charge in [0.05, 0.1) is 11.4 Å². The minimum atomic E-state index is 0.455. The molecule has 1 saturated carbocycles. The summed E-state index contributed by atoms with van der Waals surface area (Å²) in [5.74, 6) is 0. The lowest BCUT2D eigenvalue weighted by Crippen LogP contribution is -2.09. The fourth-order valence-corrected chi connectivity index (χ4v) is 1.88. The van der Waals surface area contributed by atoms with Crippen LogP contribution in [0, 0.1) is 0 Å². The van der Waals surface area contributed by atoms with Crippen LogP contribution in [0.5, 0.6) is 0 Å². The molecular weight excluding hydrogens is 136 g/mol. The zero-order chi connectivity index (χ0) is 7.31. The van der Waals surface area contributed by atoms with Gasteiger partial charge in [0.25, 0.3) is 0 Å². The molecule has 1 N–H and O–H groups in total. The molecule has 2 aliphatic rings. The quantitative estimate of drug-likeness (QED) is 0.600. The highest BCUT2D eigenvalue weighted by atomic mass is 15.0. The van der Waals surface area contributed by atoms with Gasteiger partial charge >= 0.3 is 0 Å². The second-order valence-electron chi connectivity index (χ2n) is 3.53. The van der Waals surface area contributed by atoms with Crippen LogP contribution in [0.15, 0.2) is 18.3 Å². The lowest BCUT2D eigenvalue weighted by Gasteiger charge is -2.01. The molecule has 2 heterocycles. The Morgan fingerprint density at radius 2 is 2.36 bits per heavy atom. The third kappa shape index (κ3) is 0.595. The number of aromatic nitrogens is 1. The Labute approximate surface area is 65.6 Å². The van der Waals surface area contributed by atoms with Crippen LogP contribution in [0.25, 0.3) is 0 Å². The average molecular weight is 146 g/mol. The summed E-state index contributed by atoms with van der Waals surface area (Å²) in [5.41, 5.74) is 3.02. The number of hydrogen-bond donors (Lipinski definition) is 1. The minimum absolute atomic E-state index is 0.455. The fraction of sp³-hybridized carbons (Fsp3) is 0.444. The maximum absolute atomic E-state index is 4.41. The van der Waals surface area contributed by atoms with Gasteiger partial charge in [-0.2, -0.15) is 0 Å². The molecule has 0 bridgehead atoms. The number of rotatable bonds is 0. The molecule has 2 heteroatoms. The standard InChI is InChI=1S/C9H10N2/c1-2-7-8(10-5-1)9(3-4-9)6-11-7/h1-2,5,11H,3-4,6H2. The molecule has 0 amide bonds. The van der Waals surface area contributed by atoms with Gasteiger partial charge in [0.15, 0.2) is 0 Å². The first-order chi connectivity index (χ1) is 5.41. The van der Waals surface area contributed by atoms with E-state index in [4.69, 9.17) is 0 Å². The first-order valence-electron chi connectivity index (χ1n) is 4.10. The van der Waals surface area contributed by atoms with Gasteiger partial charge in [-0.1, -0.05) is 0 Å². The van der Waals surface area contributed by atoms with Crippen molar-refractivity contribution < 1.29 is 0 Å². The van der Waals surface area contributed by atoms with E-state index in [1.54, 1.807) is 0 Å². The number of nitrogens with zero attached hydrogens (tertiary/aromatic N) is 1. The van der Waals surface area contributed by atoms with Crippen LogP contribution in [0.3, 0.4) is 0 Å². The Morgan fingerprint density at radius 3 is 3.18 bits per heavy atom. The number of nitrogens with one attached hydrogen (secondary N) is 1. The van der Waals surface area contributed by atoms with Gasteiger partial charge in [0.1, 0.15) is 0 Å². The van der Waals surface area contributed by atoms with Crippen LogP contribution in [0.2, 0.25) is 0 Å². The van der Waals surface area contributed by atoms with Gasteiger partial charge in [-0.25, -0.2) is 0 Å². The van der Waals surface area contributed by atoms with E-state index in [1.165, 1.54) is 24.2 Å². The lowest BCUT2D eigenvalue weighted by molar-refractivity contribution is 0.749. The first kappa shape index (κ1) is 5.58. The lowest BCUT2D eigenvalue weighted by atomic mass is 10.1. The molecule has 0 atom stereocenters. The van der Waals surface area contributed by atoms with Gasteiger partial charge in [0.2, 0.25) is 0 Å². The third-order valence-corrected chi connectivity index (χ3v) is 2.78. The van der Waals surface area contributed by atoms with Crippen molar-refractivity contribution in [3.63, 3.8) is 0 Å². The normalized spacial score (nSPS) is 22.9. The Kier molecular flexibility index (Phi) is 0.799. The molecule has 1 aliphatic heterocycles. The van der Waals surface area contributed by atoms with Crippen molar-refractivity contribution in [2.75, 3.05) is 11.9 Å². The van der Waals surface area contributed by atoms with Crippen molar-refractivity contribution in [2.24, 2.45) is 0 Å². The van der Waals surface area contributed by atoms with E-state index in [-0.39, 0.29) is 0 Å². The predicted octanol–water partition coefficient (Wildman–Crippen LogP) is 1.54. The van der Waals surface area contributed by atoms with E-state index < -0.39 is 0 Å². The molecule has 1 aromatic rings. The highest BCUT2D eigenvalue weighted by Gasteiger charge is 2.50. The summed E-state index contributed by atoms with van der Waals surface area (Å²) in [5, 5.41) is 3.39. The third-order valence-electron chi connectivity index (χ3n) is 2.78. The molecule has 1 aliphatic carbocycles. The molecule has 3 rings (SSSR count). The van der Waals surface area contributed by atoms with Crippen LogP contribution in [-0.2, 0) is 5.41 Å². The van der Waals surface area contributed by atoms with Crippen LogP contribution in [0.1, 0.15) is 18.5 Å². The van der Waals surface area contributed by atoms with Crippen LogP contribution < -0.4 is 5.32 Å². The Morgan fingerprint density at radius 1 is 1.45 bits per heavy atom. The maximum atomic E-state index is 4.41. The molecule has 1 aromatic heterocycles. The number of hydrogen-bond acceptors (Lipinski definition) is 2. The molecule has 0 saturated heterocycles. The number of anilines is 1. The Bertz CT molecular complexity index is 302. The maximum Gasteiger partial charge on any atom is 0.0713 e. The monoisotopic (exact) mass is 146 g/mol. The second kappa shape index (κ2) is 1.58. The predicted molar refractivity (Wildman–Crippen MR) is 43.6 cm³/mol. The zero-order valence-electron chi connectivity index (χ0n) is 6.30. The van der Waals surface area contributed by atoms with Gasteiger partial charge in [-0.3, -0.25) is 4.98 Å². The summed E-state index contributed by atoms with van der Waals surface area (Å²) in [6, 6.07) is 4.11. The fourth-order valence-electron chi connectivity index (χ4n) is 1.88.